The summed E-state index contributed by atoms with van der Waals surface area (Å²) in [6.07, 6.45) is 0. The zero-order chi connectivity index (χ0) is 13.8. The van der Waals surface area contributed by atoms with Crippen LogP contribution in [0, 0.1) is 0 Å². The lowest BCUT2D eigenvalue weighted by atomic mass is 9.94. The standard InChI is InChI=1S/C14H22N2O2/c1-14(2,15-13(17)10-16(3)4)11-6-8-12(18-5)9-7-11/h6-9H,10H2,1-5H3,(H,15,17). The summed E-state index contributed by atoms with van der Waals surface area (Å²) in [6.45, 7) is 4.37. The molecule has 0 fully saturated rings. The summed E-state index contributed by atoms with van der Waals surface area (Å²) in [5.74, 6) is 0.829. The number of methoxy groups -OCH3 is 1. The number of nitrogens with zero attached hydrogens (tertiary/aromatic N) is 1. The summed E-state index contributed by atoms with van der Waals surface area (Å²) >= 11 is 0. The zero-order valence-corrected chi connectivity index (χ0v) is 11.8. The first kappa shape index (κ1) is 14.5. The minimum Gasteiger partial charge on any atom is -0.497 e. The topological polar surface area (TPSA) is 41.6 Å². The van der Waals surface area contributed by atoms with Crippen LogP contribution in [-0.4, -0.2) is 38.6 Å². The third-order valence-electron chi connectivity index (χ3n) is 2.72. The van der Waals surface area contributed by atoms with Gasteiger partial charge in [-0.1, -0.05) is 12.1 Å². The summed E-state index contributed by atoms with van der Waals surface area (Å²) in [5, 5.41) is 3.02. The van der Waals surface area contributed by atoms with E-state index in [1.54, 1.807) is 7.11 Å². The smallest absolute Gasteiger partial charge is 0.234 e. The van der Waals surface area contributed by atoms with Gasteiger partial charge in [0, 0.05) is 0 Å². The highest BCUT2D eigenvalue weighted by molar-refractivity contribution is 5.78. The van der Waals surface area contributed by atoms with E-state index in [1.165, 1.54) is 0 Å². The third-order valence-corrected chi connectivity index (χ3v) is 2.72. The lowest BCUT2D eigenvalue weighted by molar-refractivity contribution is -0.123. The normalized spacial score (nSPS) is 11.4. The number of hydrogen-bond acceptors (Lipinski definition) is 3. The first-order chi connectivity index (χ1) is 8.35. The number of benzene rings is 1. The van der Waals surface area contributed by atoms with Gasteiger partial charge in [0.25, 0.3) is 0 Å². The Kier molecular flexibility index (Phi) is 4.73. The first-order valence-corrected chi connectivity index (χ1v) is 5.95. The van der Waals surface area contributed by atoms with Gasteiger partial charge in [-0.2, -0.15) is 0 Å². The fraction of sp³-hybridized carbons (Fsp3) is 0.500. The third kappa shape index (κ3) is 4.04. The van der Waals surface area contributed by atoms with Gasteiger partial charge in [-0.3, -0.25) is 4.79 Å². The maximum atomic E-state index is 11.8. The number of nitrogens with one attached hydrogen (secondary N) is 1. The van der Waals surface area contributed by atoms with Crippen LogP contribution in [0.3, 0.4) is 0 Å². The molecule has 1 aromatic carbocycles. The zero-order valence-electron chi connectivity index (χ0n) is 11.8. The van der Waals surface area contributed by atoms with Crippen LogP contribution in [0.15, 0.2) is 24.3 Å². The van der Waals surface area contributed by atoms with Crippen molar-refractivity contribution in [3.8, 4) is 5.75 Å². The molecule has 1 aromatic rings. The Hall–Kier alpha value is -1.55. The molecule has 0 aromatic heterocycles. The molecule has 0 saturated carbocycles. The summed E-state index contributed by atoms with van der Waals surface area (Å²) in [4.78, 5) is 13.6. The van der Waals surface area contributed by atoms with E-state index in [9.17, 15) is 4.79 Å². The average molecular weight is 250 g/mol. The summed E-state index contributed by atoms with van der Waals surface area (Å²) < 4.78 is 5.12. The van der Waals surface area contributed by atoms with Gasteiger partial charge in [-0.05, 0) is 45.6 Å². The summed E-state index contributed by atoms with van der Waals surface area (Å²) in [7, 11) is 5.39. The Bertz CT molecular complexity index is 397. The van der Waals surface area contributed by atoms with Crippen molar-refractivity contribution in [3.05, 3.63) is 29.8 Å². The predicted molar refractivity (Wildman–Crippen MR) is 72.7 cm³/mol. The molecule has 18 heavy (non-hydrogen) atoms. The maximum absolute atomic E-state index is 11.8. The van der Waals surface area contributed by atoms with Crippen molar-refractivity contribution in [2.45, 2.75) is 19.4 Å². The van der Waals surface area contributed by atoms with E-state index in [4.69, 9.17) is 4.74 Å². The van der Waals surface area contributed by atoms with Crippen LogP contribution in [0.1, 0.15) is 19.4 Å². The molecule has 0 radical (unpaired) electrons. The minimum atomic E-state index is -0.390. The van der Waals surface area contributed by atoms with Crippen molar-refractivity contribution in [2.24, 2.45) is 0 Å². The molecule has 0 unspecified atom stereocenters. The summed E-state index contributed by atoms with van der Waals surface area (Å²) in [5.41, 5.74) is 0.662. The van der Waals surface area contributed by atoms with E-state index in [2.05, 4.69) is 5.32 Å². The average Bonchev–Trinajstić information content (AvgIpc) is 2.27. The first-order valence-electron chi connectivity index (χ1n) is 5.95. The fourth-order valence-electron chi connectivity index (χ4n) is 1.76. The van der Waals surface area contributed by atoms with E-state index >= 15 is 0 Å². The van der Waals surface area contributed by atoms with Crippen LogP contribution >= 0.6 is 0 Å². The SMILES string of the molecule is COc1ccc(C(C)(C)NC(=O)CN(C)C)cc1. The van der Waals surface area contributed by atoms with E-state index in [0.717, 1.165) is 11.3 Å². The van der Waals surface area contributed by atoms with Crippen molar-refractivity contribution >= 4 is 5.91 Å². The lowest BCUT2D eigenvalue weighted by Crippen LogP contribution is -2.44. The molecule has 4 nitrogen and oxygen atoms in total. The number of hydrogen-bond donors (Lipinski definition) is 1. The van der Waals surface area contributed by atoms with E-state index in [0.29, 0.717) is 6.54 Å². The molecule has 0 aliphatic rings. The van der Waals surface area contributed by atoms with E-state index in [1.807, 2.05) is 57.1 Å². The van der Waals surface area contributed by atoms with Crippen LogP contribution < -0.4 is 10.1 Å². The van der Waals surface area contributed by atoms with E-state index < -0.39 is 0 Å². The molecule has 1 rings (SSSR count). The van der Waals surface area contributed by atoms with Crippen LogP contribution in [0.4, 0.5) is 0 Å². The Morgan fingerprint density at radius 2 is 1.83 bits per heavy atom. The van der Waals surface area contributed by atoms with Gasteiger partial charge in [-0.15, -0.1) is 0 Å². The summed E-state index contributed by atoms with van der Waals surface area (Å²) in [6, 6.07) is 7.73. The molecule has 0 aliphatic carbocycles. The van der Waals surface area contributed by atoms with Crippen molar-refractivity contribution in [1.82, 2.24) is 10.2 Å². The largest absolute Gasteiger partial charge is 0.497 e. The van der Waals surface area contributed by atoms with Gasteiger partial charge in [0.15, 0.2) is 0 Å². The molecule has 0 saturated heterocycles. The monoisotopic (exact) mass is 250 g/mol. The molecule has 4 heteroatoms. The highest BCUT2D eigenvalue weighted by Gasteiger charge is 2.22. The molecule has 1 N–H and O–H groups in total. The molecule has 0 atom stereocenters. The number of carbonyl (C=O) groups excluding carboxylic acids is 1. The van der Waals surface area contributed by atoms with Crippen molar-refractivity contribution in [2.75, 3.05) is 27.7 Å². The molecule has 100 valence electrons. The maximum Gasteiger partial charge on any atom is 0.234 e. The van der Waals surface area contributed by atoms with Gasteiger partial charge >= 0.3 is 0 Å². The minimum absolute atomic E-state index is 0.0146. The van der Waals surface area contributed by atoms with Crippen LogP contribution in [0.25, 0.3) is 0 Å². The molecule has 0 aliphatic heterocycles. The van der Waals surface area contributed by atoms with Gasteiger partial charge in [0.2, 0.25) is 5.91 Å². The Balaban J connectivity index is 2.75. The predicted octanol–water partition coefficient (Wildman–Crippen LogP) is 1.61. The highest BCUT2D eigenvalue weighted by Crippen LogP contribution is 2.22. The second-order valence-electron chi connectivity index (χ2n) is 5.14. The molecular formula is C14H22N2O2. The molecule has 0 spiro atoms. The van der Waals surface area contributed by atoms with Crippen LogP contribution in [-0.2, 0) is 10.3 Å². The molecule has 1 amide bonds. The second kappa shape index (κ2) is 5.87. The van der Waals surface area contributed by atoms with Gasteiger partial charge in [-0.25, -0.2) is 0 Å². The van der Waals surface area contributed by atoms with Gasteiger partial charge < -0.3 is 15.0 Å². The number of likely N-dealkylation sites (N-methyl/N-ethyl adjacent to an activating group) is 1. The number of ether oxygens (including phenoxy) is 1. The van der Waals surface area contributed by atoms with Gasteiger partial charge in [0.1, 0.15) is 5.75 Å². The number of carbonyl (C=O) groups is 1. The fourth-order valence-corrected chi connectivity index (χ4v) is 1.76. The van der Waals surface area contributed by atoms with Crippen LogP contribution in [0.2, 0.25) is 0 Å². The highest BCUT2D eigenvalue weighted by atomic mass is 16.5. The van der Waals surface area contributed by atoms with Crippen LogP contribution in [0.5, 0.6) is 5.75 Å². The number of amides is 1. The lowest BCUT2D eigenvalue weighted by Gasteiger charge is -2.27. The Labute approximate surface area is 109 Å². The molecule has 0 heterocycles. The van der Waals surface area contributed by atoms with E-state index in [-0.39, 0.29) is 11.4 Å². The second-order valence-corrected chi connectivity index (χ2v) is 5.14. The Morgan fingerprint density at radius 3 is 2.28 bits per heavy atom. The van der Waals surface area contributed by atoms with Crippen molar-refractivity contribution in [1.29, 1.82) is 0 Å². The van der Waals surface area contributed by atoms with Crippen molar-refractivity contribution < 1.29 is 9.53 Å². The van der Waals surface area contributed by atoms with Gasteiger partial charge in [0.05, 0.1) is 19.2 Å². The Morgan fingerprint density at radius 1 is 1.28 bits per heavy atom. The van der Waals surface area contributed by atoms with Crippen molar-refractivity contribution in [3.63, 3.8) is 0 Å². The molecular weight excluding hydrogens is 228 g/mol. The number of rotatable bonds is 5. The quantitative estimate of drug-likeness (QED) is 0.863. The molecule has 0 bridgehead atoms.